The van der Waals surface area contributed by atoms with E-state index in [0.717, 1.165) is 27.6 Å². The number of hydrogen-bond donors (Lipinski definition) is 0. The van der Waals surface area contributed by atoms with Crippen LogP contribution in [-0.2, 0) is 0 Å². The zero-order chi connectivity index (χ0) is 10.6. The highest BCUT2D eigenvalue weighted by Crippen LogP contribution is 2.29. The Balaban J connectivity index is 2.92. The van der Waals surface area contributed by atoms with Crippen LogP contribution in [0.2, 0.25) is 0 Å². The Morgan fingerprint density at radius 1 is 1.57 bits per heavy atom. The summed E-state index contributed by atoms with van der Waals surface area (Å²) < 4.78 is 1.02. The maximum Gasteiger partial charge on any atom is 0.151 e. The van der Waals surface area contributed by atoms with Crippen molar-refractivity contribution >= 4 is 34.0 Å². The lowest BCUT2D eigenvalue weighted by molar-refractivity contribution is 0.112. The molecule has 0 amide bonds. The number of thioether (sulfide) groups is 1. The zero-order valence-electron chi connectivity index (χ0n) is 8.29. The van der Waals surface area contributed by atoms with E-state index >= 15 is 0 Å². The molecule has 0 N–H and O–H groups in total. The lowest BCUT2D eigenvalue weighted by atomic mass is 10.2. The molecule has 1 unspecified atom stereocenters. The molecule has 0 aliphatic heterocycles. The third kappa shape index (κ3) is 3.14. The monoisotopic (exact) mass is 272 g/mol. The summed E-state index contributed by atoms with van der Waals surface area (Å²) >= 11 is 5.16. The first-order valence-corrected chi connectivity index (χ1v) is 6.26. The molecule has 76 valence electrons. The van der Waals surface area contributed by atoms with Crippen molar-refractivity contribution in [1.29, 1.82) is 0 Å². The third-order valence-corrected chi connectivity index (χ3v) is 3.84. The summed E-state index contributed by atoms with van der Waals surface area (Å²) in [6, 6.07) is 5.74. The molecule has 0 spiro atoms. The molecule has 1 nitrogen and oxygen atoms in total. The molecule has 1 aromatic rings. The molecular weight excluding hydrogens is 260 g/mol. The van der Waals surface area contributed by atoms with Crippen molar-refractivity contribution in [2.75, 3.05) is 0 Å². The first kappa shape index (κ1) is 11.8. The van der Waals surface area contributed by atoms with Crippen molar-refractivity contribution in [3.8, 4) is 0 Å². The standard InChI is InChI=1S/C11H13BrOS/c1-3-8(2)14-11-6-10(12)5-4-9(11)7-13/h4-8H,3H2,1-2H3. The van der Waals surface area contributed by atoms with Gasteiger partial charge in [-0.15, -0.1) is 11.8 Å². The Kier molecular flexibility index (Phi) is 4.69. The van der Waals surface area contributed by atoms with E-state index in [4.69, 9.17) is 0 Å². The van der Waals surface area contributed by atoms with Crippen LogP contribution in [0.15, 0.2) is 27.6 Å². The van der Waals surface area contributed by atoms with Crippen LogP contribution in [0.1, 0.15) is 30.6 Å². The van der Waals surface area contributed by atoms with E-state index in [-0.39, 0.29) is 0 Å². The number of benzene rings is 1. The minimum Gasteiger partial charge on any atom is -0.298 e. The second-order valence-electron chi connectivity index (χ2n) is 3.14. The van der Waals surface area contributed by atoms with Crippen molar-refractivity contribution in [3.63, 3.8) is 0 Å². The Bertz CT molecular complexity index is 325. The fourth-order valence-electron chi connectivity index (χ4n) is 1.01. The molecule has 0 heterocycles. The van der Waals surface area contributed by atoms with Crippen LogP contribution in [-0.4, -0.2) is 11.5 Å². The van der Waals surface area contributed by atoms with Crippen molar-refractivity contribution in [1.82, 2.24) is 0 Å². The van der Waals surface area contributed by atoms with Crippen LogP contribution in [0.3, 0.4) is 0 Å². The van der Waals surface area contributed by atoms with Crippen LogP contribution in [0.5, 0.6) is 0 Å². The molecule has 0 bridgehead atoms. The Morgan fingerprint density at radius 3 is 2.86 bits per heavy atom. The summed E-state index contributed by atoms with van der Waals surface area (Å²) in [5.74, 6) is 0. The summed E-state index contributed by atoms with van der Waals surface area (Å²) in [6.07, 6.45) is 2.02. The summed E-state index contributed by atoms with van der Waals surface area (Å²) in [4.78, 5) is 11.8. The van der Waals surface area contributed by atoms with Gasteiger partial charge >= 0.3 is 0 Å². The van der Waals surface area contributed by atoms with Gasteiger partial charge in [-0.1, -0.05) is 29.8 Å². The van der Waals surface area contributed by atoms with Gasteiger partial charge in [-0.2, -0.15) is 0 Å². The summed E-state index contributed by atoms with van der Waals surface area (Å²) in [7, 11) is 0. The molecule has 0 aromatic heterocycles. The first-order chi connectivity index (χ1) is 6.67. The van der Waals surface area contributed by atoms with E-state index in [1.54, 1.807) is 11.8 Å². The second kappa shape index (κ2) is 5.56. The quantitative estimate of drug-likeness (QED) is 0.605. The van der Waals surface area contributed by atoms with E-state index in [1.807, 2.05) is 18.2 Å². The zero-order valence-corrected chi connectivity index (χ0v) is 10.7. The van der Waals surface area contributed by atoms with Gasteiger partial charge in [0.2, 0.25) is 0 Å². The summed E-state index contributed by atoms with van der Waals surface area (Å²) in [6.45, 7) is 4.32. The minimum absolute atomic E-state index is 0.544. The Morgan fingerprint density at radius 2 is 2.29 bits per heavy atom. The lowest BCUT2D eigenvalue weighted by Gasteiger charge is -2.10. The molecule has 0 saturated carbocycles. The number of carbonyl (C=O) groups excluding carboxylic acids is 1. The Hall–Kier alpha value is -0.280. The van der Waals surface area contributed by atoms with Gasteiger partial charge in [0.25, 0.3) is 0 Å². The minimum atomic E-state index is 0.544. The maximum absolute atomic E-state index is 10.8. The van der Waals surface area contributed by atoms with Gasteiger partial charge in [0, 0.05) is 20.2 Å². The first-order valence-electron chi connectivity index (χ1n) is 4.58. The molecule has 1 atom stereocenters. The largest absolute Gasteiger partial charge is 0.298 e. The molecule has 0 saturated heterocycles. The fraction of sp³-hybridized carbons (Fsp3) is 0.364. The highest BCUT2D eigenvalue weighted by atomic mass is 79.9. The average molecular weight is 273 g/mol. The predicted octanol–water partition coefficient (Wildman–Crippen LogP) is 4.15. The smallest absolute Gasteiger partial charge is 0.151 e. The third-order valence-electron chi connectivity index (χ3n) is 2.01. The van der Waals surface area contributed by atoms with Gasteiger partial charge in [-0.25, -0.2) is 0 Å². The van der Waals surface area contributed by atoms with Crippen LogP contribution >= 0.6 is 27.7 Å². The van der Waals surface area contributed by atoms with Gasteiger partial charge in [0.15, 0.2) is 6.29 Å². The topological polar surface area (TPSA) is 17.1 Å². The van der Waals surface area contributed by atoms with E-state index in [1.165, 1.54) is 0 Å². The number of rotatable bonds is 4. The van der Waals surface area contributed by atoms with Crippen molar-refractivity contribution in [2.24, 2.45) is 0 Å². The maximum atomic E-state index is 10.8. The molecular formula is C11H13BrOS. The van der Waals surface area contributed by atoms with Crippen LogP contribution in [0.25, 0.3) is 0 Å². The van der Waals surface area contributed by atoms with Crippen LogP contribution in [0.4, 0.5) is 0 Å². The van der Waals surface area contributed by atoms with Gasteiger partial charge in [0.05, 0.1) is 0 Å². The predicted molar refractivity (Wildman–Crippen MR) is 65.1 cm³/mol. The van der Waals surface area contributed by atoms with Crippen LogP contribution in [0, 0.1) is 0 Å². The highest BCUT2D eigenvalue weighted by Gasteiger charge is 2.07. The highest BCUT2D eigenvalue weighted by molar-refractivity contribution is 9.10. The van der Waals surface area contributed by atoms with Crippen LogP contribution < -0.4 is 0 Å². The molecule has 1 aromatic carbocycles. The molecule has 1 rings (SSSR count). The SMILES string of the molecule is CCC(C)Sc1cc(Br)ccc1C=O. The van der Waals surface area contributed by atoms with Gasteiger partial charge in [-0.05, 0) is 24.6 Å². The normalized spacial score (nSPS) is 12.5. The number of aldehydes is 1. The fourth-order valence-corrected chi connectivity index (χ4v) is 2.57. The number of halogens is 1. The van der Waals surface area contributed by atoms with Crippen molar-refractivity contribution in [2.45, 2.75) is 30.4 Å². The molecule has 0 aliphatic rings. The molecule has 0 aliphatic carbocycles. The molecule has 14 heavy (non-hydrogen) atoms. The second-order valence-corrected chi connectivity index (χ2v) is 5.53. The number of carbonyl (C=O) groups is 1. The van der Waals surface area contributed by atoms with E-state index in [2.05, 4.69) is 29.8 Å². The van der Waals surface area contributed by atoms with E-state index in [9.17, 15) is 4.79 Å². The molecule has 0 radical (unpaired) electrons. The van der Waals surface area contributed by atoms with E-state index < -0.39 is 0 Å². The van der Waals surface area contributed by atoms with Gasteiger partial charge in [0.1, 0.15) is 0 Å². The lowest BCUT2D eigenvalue weighted by Crippen LogP contribution is -1.94. The molecule has 0 fully saturated rings. The summed E-state index contributed by atoms with van der Waals surface area (Å²) in [5, 5.41) is 0.544. The Labute approximate surface area is 97.4 Å². The van der Waals surface area contributed by atoms with Crippen molar-refractivity contribution in [3.05, 3.63) is 28.2 Å². The van der Waals surface area contributed by atoms with Gasteiger partial charge < -0.3 is 0 Å². The number of hydrogen-bond acceptors (Lipinski definition) is 2. The van der Waals surface area contributed by atoms with Crippen molar-refractivity contribution < 1.29 is 4.79 Å². The van der Waals surface area contributed by atoms with E-state index in [0.29, 0.717) is 5.25 Å². The average Bonchev–Trinajstić information content (AvgIpc) is 2.18. The summed E-state index contributed by atoms with van der Waals surface area (Å²) in [5.41, 5.74) is 0.776. The van der Waals surface area contributed by atoms with Gasteiger partial charge in [-0.3, -0.25) is 4.79 Å². The molecule has 3 heteroatoms.